The zero-order valence-corrected chi connectivity index (χ0v) is 15.3. The van der Waals surface area contributed by atoms with Crippen molar-refractivity contribution >= 4 is 27.5 Å². The molecule has 0 fully saturated rings. The maximum absolute atomic E-state index is 6.45. The van der Waals surface area contributed by atoms with E-state index < -0.39 is 0 Å². The summed E-state index contributed by atoms with van der Waals surface area (Å²) in [6.45, 7) is 6.51. The zero-order valence-electron chi connectivity index (χ0n) is 12.9. The maximum atomic E-state index is 6.45. The number of hydrogen-bond donors (Lipinski definition) is 1. The lowest BCUT2D eigenvalue weighted by atomic mass is 9.91. The number of hydrogen-bond acceptors (Lipinski definition) is 1. The van der Waals surface area contributed by atoms with Gasteiger partial charge in [-0.05, 0) is 78.5 Å². The minimum absolute atomic E-state index is 0.204. The van der Waals surface area contributed by atoms with Crippen molar-refractivity contribution in [1.82, 2.24) is 5.32 Å². The Labute approximate surface area is 140 Å². The van der Waals surface area contributed by atoms with E-state index in [1.807, 2.05) is 19.2 Å². The van der Waals surface area contributed by atoms with Gasteiger partial charge in [0.2, 0.25) is 0 Å². The summed E-state index contributed by atoms with van der Waals surface area (Å²) in [6.07, 6.45) is 0.935. The van der Waals surface area contributed by atoms with Crippen LogP contribution in [0, 0.1) is 20.8 Å². The quantitative estimate of drug-likeness (QED) is 0.750. The Morgan fingerprint density at radius 1 is 1.14 bits per heavy atom. The van der Waals surface area contributed by atoms with E-state index in [2.05, 4.69) is 60.2 Å². The van der Waals surface area contributed by atoms with Crippen LogP contribution in [-0.2, 0) is 6.42 Å². The van der Waals surface area contributed by atoms with Crippen molar-refractivity contribution in [3.63, 3.8) is 0 Å². The van der Waals surface area contributed by atoms with Gasteiger partial charge in [0.05, 0.1) is 5.02 Å². The third kappa shape index (κ3) is 3.68. The Balaban J connectivity index is 2.38. The Morgan fingerprint density at radius 2 is 1.76 bits per heavy atom. The highest BCUT2D eigenvalue weighted by Gasteiger charge is 2.17. The van der Waals surface area contributed by atoms with Crippen LogP contribution in [0.3, 0.4) is 0 Å². The highest BCUT2D eigenvalue weighted by molar-refractivity contribution is 9.10. The first-order chi connectivity index (χ1) is 9.93. The lowest BCUT2D eigenvalue weighted by molar-refractivity contribution is 0.589. The van der Waals surface area contributed by atoms with Crippen molar-refractivity contribution in [2.75, 3.05) is 7.05 Å². The van der Waals surface area contributed by atoms with E-state index in [0.717, 1.165) is 21.5 Å². The molecule has 0 heterocycles. The van der Waals surface area contributed by atoms with Crippen LogP contribution in [0.1, 0.15) is 33.9 Å². The summed E-state index contributed by atoms with van der Waals surface area (Å²) in [5.74, 6) is 0. The topological polar surface area (TPSA) is 12.0 Å². The molecule has 21 heavy (non-hydrogen) atoms. The first-order valence-corrected chi connectivity index (χ1v) is 8.29. The molecule has 0 aliphatic rings. The van der Waals surface area contributed by atoms with Crippen LogP contribution in [0.15, 0.2) is 34.8 Å². The van der Waals surface area contributed by atoms with Gasteiger partial charge in [-0.1, -0.05) is 41.4 Å². The molecule has 0 bridgehead atoms. The number of likely N-dealkylation sites (N-methyl/N-ethyl adjacent to an activating group) is 1. The molecular formula is C18H21BrClN. The standard InChI is InChI=1S/C18H21BrClN/c1-11-8-12(2)15(13(3)9-11)10-17(21-4)14-6-5-7-16(19)18(14)20/h5-9,17,21H,10H2,1-4H3. The number of halogens is 2. The molecular weight excluding hydrogens is 346 g/mol. The van der Waals surface area contributed by atoms with Gasteiger partial charge in [-0.25, -0.2) is 0 Å². The van der Waals surface area contributed by atoms with Crippen molar-refractivity contribution in [3.05, 3.63) is 67.6 Å². The minimum atomic E-state index is 0.204. The monoisotopic (exact) mass is 365 g/mol. The Morgan fingerprint density at radius 3 is 2.33 bits per heavy atom. The van der Waals surface area contributed by atoms with Crippen LogP contribution in [0.4, 0.5) is 0 Å². The summed E-state index contributed by atoms with van der Waals surface area (Å²) in [4.78, 5) is 0. The van der Waals surface area contributed by atoms with Crippen LogP contribution >= 0.6 is 27.5 Å². The maximum Gasteiger partial charge on any atom is 0.0595 e. The average Bonchev–Trinajstić information content (AvgIpc) is 2.42. The molecule has 112 valence electrons. The molecule has 0 spiro atoms. The van der Waals surface area contributed by atoms with E-state index in [1.54, 1.807) is 0 Å². The van der Waals surface area contributed by atoms with Gasteiger partial charge in [-0.15, -0.1) is 0 Å². The first-order valence-electron chi connectivity index (χ1n) is 7.12. The normalized spacial score (nSPS) is 12.5. The molecule has 0 aliphatic heterocycles. The third-order valence-corrected chi connectivity index (χ3v) is 5.26. The smallest absolute Gasteiger partial charge is 0.0595 e. The second kappa shape index (κ2) is 6.95. The predicted octanol–water partition coefficient (Wildman–Crippen LogP) is 5.53. The van der Waals surface area contributed by atoms with E-state index in [1.165, 1.54) is 22.3 Å². The molecule has 0 saturated heterocycles. The molecule has 1 atom stereocenters. The average molecular weight is 367 g/mol. The fraction of sp³-hybridized carbons (Fsp3) is 0.333. The number of aryl methyl sites for hydroxylation is 3. The molecule has 0 radical (unpaired) electrons. The van der Waals surface area contributed by atoms with Gasteiger partial charge < -0.3 is 5.32 Å². The van der Waals surface area contributed by atoms with E-state index in [0.29, 0.717) is 0 Å². The molecule has 0 saturated carbocycles. The van der Waals surface area contributed by atoms with Gasteiger partial charge in [0, 0.05) is 10.5 Å². The fourth-order valence-corrected chi connectivity index (χ4v) is 3.53. The summed E-state index contributed by atoms with van der Waals surface area (Å²) in [7, 11) is 1.99. The molecule has 2 aromatic rings. The van der Waals surface area contributed by atoms with Crippen LogP contribution < -0.4 is 5.32 Å². The fourth-order valence-electron chi connectivity index (χ4n) is 2.89. The Bertz CT molecular complexity index is 629. The van der Waals surface area contributed by atoms with Crippen molar-refractivity contribution in [2.45, 2.75) is 33.2 Å². The van der Waals surface area contributed by atoms with E-state index in [-0.39, 0.29) is 6.04 Å². The summed E-state index contributed by atoms with van der Waals surface area (Å²) in [6, 6.07) is 10.8. The van der Waals surface area contributed by atoms with Crippen LogP contribution in [0.2, 0.25) is 5.02 Å². The summed E-state index contributed by atoms with van der Waals surface area (Å²) >= 11 is 9.96. The zero-order chi connectivity index (χ0) is 15.6. The number of benzene rings is 2. The predicted molar refractivity (Wildman–Crippen MR) is 95.3 cm³/mol. The largest absolute Gasteiger partial charge is 0.313 e. The summed E-state index contributed by atoms with van der Waals surface area (Å²) < 4.78 is 0.944. The lowest BCUT2D eigenvalue weighted by Gasteiger charge is -2.21. The highest BCUT2D eigenvalue weighted by atomic mass is 79.9. The van der Waals surface area contributed by atoms with Gasteiger partial charge in [0.1, 0.15) is 0 Å². The molecule has 0 aromatic heterocycles. The van der Waals surface area contributed by atoms with Gasteiger partial charge in [0.15, 0.2) is 0 Å². The van der Waals surface area contributed by atoms with Gasteiger partial charge in [-0.2, -0.15) is 0 Å². The summed E-state index contributed by atoms with van der Waals surface area (Å²) in [5.41, 5.74) is 6.54. The molecule has 0 aliphatic carbocycles. The molecule has 1 nitrogen and oxygen atoms in total. The second-order valence-corrected chi connectivity index (χ2v) is 6.80. The van der Waals surface area contributed by atoms with E-state index in [9.17, 15) is 0 Å². The van der Waals surface area contributed by atoms with Crippen LogP contribution in [-0.4, -0.2) is 7.05 Å². The van der Waals surface area contributed by atoms with Gasteiger partial charge in [-0.3, -0.25) is 0 Å². The van der Waals surface area contributed by atoms with Crippen molar-refractivity contribution < 1.29 is 0 Å². The van der Waals surface area contributed by atoms with E-state index in [4.69, 9.17) is 11.6 Å². The highest BCUT2D eigenvalue weighted by Crippen LogP contribution is 2.32. The Hall–Kier alpha value is -0.830. The van der Waals surface area contributed by atoms with Crippen molar-refractivity contribution in [3.8, 4) is 0 Å². The number of nitrogens with one attached hydrogen (secondary N) is 1. The molecule has 0 amide bonds. The van der Waals surface area contributed by atoms with Crippen LogP contribution in [0.5, 0.6) is 0 Å². The second-order valence-electron chi connectivity index (χ2n) is 5.57. The molecule has 1 unspecified atom stereocenters. The molecule has 1 N–H and O–H groups in total. The van der Waals surface area contributed by atoms with Gasteiger partial charge in [0.25, 0.3) is 0 Å². The SMILES string of the molecule is CNC(Cc1c(C)cc(C)cc1C)c1cccc(Br)c1Cl. The lowest BCUT2D eigenvalue weighted by Crippen LogP contribution is -2.20. The molecule has 3 heteroatoms. The summed E-state index contributed by atoms with van der Waals surface area (Å²) in [5, 5.41) is 4.19. The molecule has 2 aromatic carbocycles. The van der Waals surface area contributed by atoms with E-state index >= 15 is 0 Å². The number of rotatable bonds is 4. The minimum Gasteiger partial charge on any atom is -0.313 e. The first kappa shape index (κ1) is 16.5. The third-order valence-electron chi connectivity index (χ3n) is 3.95. The van der Waals surface area contributed by atoms with Gasteiger partial charge >= 0.3 is 0 Å². The molecule has 2 rings (SSSR count). The van der Waals surface area contributed by atoms with Crippen LogP contribution in [0.25, 0.3) is 0 Å². The Kier molecular flexibility index (Phi) is 5.48. The van der Waals surface area contributed by atoms with Crippen molar-refractivity contribution in [2.24, 2.45) is 0 Å². The van der Waals surface area contributed by atoms with Crippen molar-refractivity contribution in [1.29, 1.82) is 0 Å².